The number of aliphatic hydroxyl groups is 1. The van der Waals surface area contributed by atoms with E-state index < -0.39 is 0 Å². The lowest BCUT2D eigenvalue weighted by molar-refractivity contribution is 0.154. The van der Waals surface area contributed by atoms with E-state index in [2.05, 4.69) is 50.4 Å². The number of hydrogen-bond acceptors (Lipinski definition) is 6. The van der Waals surface area contributed by atoms with Gasteiger partial charge in [0, 0.05) is 45.0 Å². The predicted molar refractivity (Wildman–Crippen MR) is 108 cm³/mol. The molecule has 144 valence electrons. The lowest BCUT2D eigenvalue weighted by Crippen LogP contribution is -2.40. The van der Waals surface area contributed by atoms with Crippen LogP contribution in [0.2, 0.25) is 0 Å². The van der Waals surface area contributed by atoms with E-state index in [0.29, 0.717) is 18.5 Å². The fourth-order valence-corrected chi connectivity index (χ4v) is 4.02. The van der Waals surface area contributed by atoms with Crippen LogP contribution in [0.1, 0.15) is 31.2 Å². The van der Waals surface area contributed by atoms with Gasteiger partial charge in [0.2, 0.25) is 5.95 Å². The number of piperidine rings is 2. The standard InChI is InChI=1S/C21H29N5O/c27-19-7-4-12-26(16-19)20-8-11-22-21(24-20)23-18-9-13-25(14-10-18)15-17-5-2-1-3-6-17/h1-3,5-6,8,11,18-19,27H,4,7,9-10,12-16H2,(H,22,23,24). The summed E-state index contributed by atoms with van der Waals surface area (Å²) in [5.74, 6) is 1.61. The van der Waals surface area contributed by atoms with Crippen molar-refractivity contribution >= 4 is 11.8 Å². The highest BCUT2D eigenvalue weighted by Gasteiger charge is 2.22. The quantitative estimate of drug-likeness (QED) is 0.847. The van der Waals surface area contributed by atoms with E-state index in [0.717, 1.165) is 57.7 Å². The smallest absolute Gasteiger partial charge is 0.224 e. The van der Waals surface area contributed by atoms with E-state index in [9.17, 15) is 5.11 Å². The van der Waals surface area contributed by atoms with Crippen LogP contribution in [0.25, 0.3) is 0 Å². The van der Waals surface area contributed by atoms with Gasteiger partial charge in [0.05, 0.1) is 6.10 Å². The molecule has 2 aliphatic heterocycles. The summed E-state index contributed by atoms with van der Waals surface area (Å²) in [5, 5.41) is 13.4. The zero-order valence-corrected chi connectivity index (χ0v) is 15.8. The number of nitrogens with one attached hydrogen (secondary N) is 1. The van der Waals surface area contributed by atoms with Crippen LogP contribution < -0.4 is 10.2 Å². The van der Waals surface area contributed by atoms with Gasteiger partial charge in [0.1, 0.15) is 5.82 Å². The summed E-state index contributed by atoms with van der Waals surface area (Å²) in [6.07, 6.45) is 5.66. The van der Waals surface area contributed by atoms with Crippen LogP contribution in [0.4, 0.5) is 11.8 Å². The van der Waals surface area contributed by atoms with Crippen molar-refractivity contribution in [3.63, 3.8) is 0 Å². The van der Waals surface area contributed by atoms with Gasteiger partial charge in [-0.25, -0.2) is 4.98 Å². The maximum atomic E-state index is 9.90. The Bertz CT molecular complexity index is 718. The van der Waals surface area contributed by atoms with E-state index in [1.54, 1.807) is 0 Å². The number of rotatable bonds is 5. The van der Waals surface area contributed by atoms with Crippen molar-refractivity contribution in [3.05, 3.63) is 48.2 Å². The maximum Gasteiger partial charge on any atom is 0.224 e. The van der Waals surface area contributed by atoms with E-state index in [1.165, 1.54) is 5.56 Å². The molecule has 2 saturated heterocycles. The SMILES string of the molecule is OC1CCCN(c2ccnc(NC3CCN(Cc4ccccc4)CC3)n2)C1. The van der Waals surface area contributed by atoms with Gasteiger partial charge < -0.3 is 15.3 Å². The molecule has 0 bridgehead atoms. The number of anilines is 2. The molecule has 6 heteroatoms. The van der Waals surface area contributed by atoms with E-state index in [1.807, 2.05) is 12.3 Å². The summed E-state index contributed by atoms with van der Waals surface area (Å²) in [6.45, 7) is 4.81. The van der Waals surface area contributed by atoms with Crippen molar-refractivity contribution in [2.45, 2.75) is 44.4 Å². The lowest BCUT2D eigenvalue weighted by Gasteiger charge is -2.33. The number of benzene rings is 1. The van der Waals surface area contributed by atoms with Gasteiger partial charge >= 0.3 is 0 Å². The summed E-state index contributed by atoms with van der Waals surface area (Å²) in [6, 6.07) is 13.0. The molecule has 6 nitrogen and oxygen atoms in total. The van der Waals surface area contributed by atoms with Crippen LogP contribution in [-0.2, 0) is 6.54 Å². The Kier molecular flexibility index (Phi) is 5.84. The van der Waals surface area contributed by atoms with Gasteiger partial charge in [-0.3, -0.25) is 4.90 Å². The Labute approximate surface area is 161 Å². The Morgan fingerprint density at radius 3 is 2.63 bits per heavy atom. The third kappa shape index (κ3) is 4.96. The molecule has 4 rings (SSSR count). The molecule has 0 amide bonds. The van der Waals surface area contributed by atoms with Gasteiger partial charge in [-0.1, -0.05) is 30.3 Å². The predicted octanol–water partition coefficient (Wildman–Crippen LogP) is 2.51. The summed E-state index contributed by atoms with van der Waals surface area (Å²) < 4.78 is 0. The Balaban J connectivity index is 1.29. The van der Waals surface area contributed by atoms with Crippen molar-refractivity contribution < 1.29 is 5.11 Å². The van der Waals surface area contributed by atoms with Crippen LogP contribution in [0, 0.1) is 0 Å². The molecule has 0 aliphatic carbocycles. The number of β-amino-alcohol motifs (C(OH)–C–C–N with tert-alkyl or cyclic N) is 1. The minimum Gasteiger partial charge on any atom is -0.391 e. The van der Waals surface area contributed by atoms with Crippen molar-refractivity contribution in [2.75, 3.05) is 36.4 Å². The molecule has 1 unspecified atom stereocenters. The number of hydrogen-bond donors (Lipinski definition) is 2. The molecule has 2 N–H and O–H groups in total. The fraction of sp³-hybridized carbons (Fsp3) is 0.524. The number of nitrogens with zero attached hydrogens (tertiary/aromatic N) is 4. The first-order valence-electron chi connectivity index (χ1n) is 10.0. The minimum atomic E-state index is -0.251. The third-order valence-corrected chi connectivity index (χ3v) is 5.53. The van der Waals surface area contributed by atoms with Gasteiger partial charge in [-0.2, -0.15) is 4.98 Å². The number of aliphatic hydroxyl groups excluding tert-OH is 1. The monoisotopic (exact) mass is 367 g/mol. The molecule has 0 saturated carbocycles. The van der Waals surface area contributed by atoms with Gasteiger partial charge in [0.25, 0.3) is 0 Å². The summed E-state index contributed by atoms with van der Waals surface area (Å²) in [5.41, 5.74) is 1.38. The number of likely N-dealkylation sites (tertiary alicyclic amines) is 1. The average Bonchev–Trinajstić information content (AvgIpc) is 2.71. The molecule has 0 radical (unpaired) electrons. The topological polar surface area (TPSA) is 64.5 Å². The molecule has 1 aromatic carbocycles. The zero-order valence-electron chi connectivity index (χ0n) is 15.8. The molecule has 2 fully saturated rings. The van der Waals surface area contributed by atoms with Crippen molar-refractivity contribution in [1.82, 2.24) is 14.9 Å². The van der Waals surface area contributed by atoms with Crippen LogP contribution in [-0.4, -0.2) is 58.3 Å². The van der Waals surface area contributed by atoms with E-state index in [-0.39, 0.29) is 6.10 Å². The molecule has 1 atom stereocenters. The number of aromatic nitrogens is 2. The normalized spacial score (nSPS) is 22.0. The van der Waals surface area contributed by atoms with Crippen LogP contribution in [0.15, 0.2) is 42.6 Å². The highest BCUT2D eigenvalue weighted by Crippen LogP contribution is 2.20. The molecular formula is C21H29N5O. The second-order valence-corrected chi connectivity index (χ2v) is 7.66. The van der Waals surface area contributed by atoms with Gasteiger partial charge in [-0.15, -0.1) is 0 Å². The second kappa shape index (κ2) is 8.67. The first kappa shape index (κ1) is 18.2. The van der Waals surface area contributed by atoms with Crippen molar-refractivity contribution in [1.29, 1.82) is 0 Å². The third-order valence-electron chi connectivity index (χ3n) is 5.53. The Hall–Kier alpha value is -2.18. The minimum absolute atomic E-state index is 0.251. The molecule has 3 heterocycles. The maximum absolute atomic E-state index is 9.90. The summed E-state index contributed by atoms with van der Waals surface area (Å²) in [4.78, 5) is 13.8. The van der Waals surface area contributed by atoms with Crippen LogP contribution in [0.5, 0.6) is 0 Å². The molecule has 1 aromatic heterocycles. The molecule has 27 heavy (non-hydrogen) atoms. The first-order chi connectivity index (χ1) is 13.3. The van der Waals surface area contributed by atoms with E-state index >= 15 is 0 Å². The molecule has 0 spiro atoms. The highest BCUT2D eigenvalue weighted by atomic mass is 16.3. The summed E-state index contributed by atoms with van der Waals surface area (Å²) >= 11 is 0. The fourth-order valence-electron chi connectivity index (χ4n) is 4.02. The van der Waals surface area contributed by atoms with Crippen LogP contribution >= 0.6 is 0 Å². The van der Waals surface area contributed by atoms with Gasteiger partial charge in [0.15, 0.2) is 0 Å². The largest absolute Gasteiger partial charge is 0.391 e. The Morgan fingerprint density at radius 1 is 1.04 bits per heavy atom. The summed E-state index contributed by atoms with van der Waals surface area (Å²) in [7, 11) is 0. The van der Waals surface area contributed by atoms with Crippen molar-refractivity contribution in [3.8, 4) is 0 Å². The molecular weight excluding hydrogens is 338 g/mol. The first-order valence-corrected chi connectivity index (χ1v) is 10.0. The van der Waals surface area contributed by atoms with Crippen molar-refractivity contribution in [2.24, 2.45) is 0 Å². The second-order valence-electron chi connectivity index (χ2n) is 7.66. The zero-order chi connectivity index (χ0) is 18.5. The highest BCUT2D eigenvalue weighted by molar-refractivity contribution is 5.43. The average molecular weight is 367 g/mol. The van der Waals surface area contributed by atoms with Crippen LogP contribution in [0.3, 0.4) is 0 Å². The van der Waals surface area contributed by atoms with E-state index in [4.69, 9.17) is 4.98 Å². The molecule has 2 aliphatic rings. The Morgan fingerprint density at radius 2 is 1.85 bits per heavy atom. The molecule has 2 aromatic rings. The van der Waals surface area contributed by atoms with Gasteiger partial charge in [-0.05, 0) is 37.3 Å². The lowest BCUT2D eigenvalue weighted by atomic mass is 10.0.